The van der Waals surface area contributed by atoms with Crippen LogP contribution in [-0.2, 0) is 11.2 Å². The van der Waals surface area contributed by atoms with Crippen LogP contribution in [0.5, 0.6) is 0 Å². The number of amides is 1. The van der Waals surface area contributed by atoms with Crippen molar-refractivity contribution >= 4 is 11.6 Å². The molecule has 5 heteroatoms. The highest BCUT2D eigenvalue weighted by molar-refractivity contribution is 5.76. The van der Waals surface area contributed by atoms with Gasteiger partial charge in [-0.3, -0.25) is 9.69 Å². The van der Waals surface area contributed by atoms with Crippen molar-refractivity contribution in [3.8, 4) is 11.3 Å². The number of nitrogens with one attached hydrogen (secondary N) is 1. The number of unbranched alkanes of at least 4 members (excludes halogenated alkanes) is 1. The van der Waals surface area contributed by atoms with Crippen LogP contribution in [-0.4, -0.2) is 50.1 Å². The normalized spacial score (nSPS) is 14.4. The number of rotatable bonds is 10. The van der Waals surface area contributed by atoms with Crippen molar-refractivity contribution in [1.82, 2.24) is 10.2 Å². The van der Waals surface area contributed by atoms with E-state index in [1.165, 1.54) is 11.3 Å². The van der Waals surface area contributed by atoms with Crippen LogP contribution in [0.2, 0.25) is 0 Å². The van der Waals surface area contributed by atoms with Crippen LogP contribution in [0.3, 0.4) is 0 Å². The van der Waals surface area contributed by atoms with Gasteiger partial charge in [0.2, 0.25) is 5.91 Å². The number of furan rings is 1. The van der Waals surface area contributed by atoms with Crippen molar-refractivity contribution in [3.05, 3.63) is 78.1 Å². The summed E-state index contributed by atoms with van der Waals surface area (Å²) in [5.74, 6) is 1.80. The van der Waals surface area contributed by atoms with E-state index in [2.05, 4.69) is 46.3 Å². The summed E-state index contributed by atoms with van der Waals surface area (Å²) < 4.78 is 5.88. The predicted octanol–water partition coefficient (Wildman–Crippen LogP) is 4.91. The van der Waals surface area contributed by atoms with E-state index in [-0.39, 0.29) is 5.91 Å². The molecule has 1 aliphatic heterocycles. The molecule has 1 aliphatic rings. The smallest absolute Gasteiger partial charge is 0.220 e. The molecule has 0 saturated carbocycles. The van der Waals surface area contributed by atoms with Gasteiger partial charge < -0.3 is 14.6 Å². The number of anilines is 1. The Labute approximate surface area is 197 Å². The topological polar surface area (TPSA) is 48.7 Å². The van der Waals surface area contributed by atoms with E-state index in [4.69, 9.17) is 4.42 Å². The van der Waals surface area contributed by atoms with Gasteiger partial charge in [-0.15, -0.1) is 0 Å². The first-order valence-electron chi connectivity index (χ1n) is 12.1. The van der Waals surface area contributed by atoms with Gasteiger partial charge in [-0.25, -0.2) is 0 Å². The number of nitrogens with zero attached hydrogens (tertiary/aromatic N) is 2. The second-order valence-corrected chi connectivity index (χ2v) is 8.86. The van der Waals surface area contributed by atoms with Crippen molar-refractivity contribution in [2.24, 2.45) is 0 Å². The first-order chi connectivity index (χ1) is 16.2. The molecule has 2 heterocycles. The lowest BCUT2D eigenvalue weighted by Crippen LogP contribution is -2.46. The van der Waals surface area contributed by atoms with E-state index < -0.39 is 0 Å². The van der Waals surface area contributed by atoms with Gasteiger partial charge in [-0.2, -0.15) is 0 Å². The quantitative estimate of drug-likeness (QED) is 0.451. The number of carbonyl (C=O) groups is 1. The standard InChI is InChI=1S/C28H35N3O2/c1-23-8-7-11-25(22-23)31-20-18-30(19-21-31)17-6-5-16-29-28(32)15-13-26-12-14-27(33-26)24-9-3-2-4-10-24/h2-4,7-12,14,22H,5-6,13,15-21H2,1H3,(H,29,32). The summed E-state index contributed by atoms with van der Waals surface area (Å²) in [6.07, 6.45) is 3.22. The van der Waals surface area contributed by atoms with Gasteiger partial charge in [0.15, 0.2) is 0 Å². The molecule has 1 N–H and O–H groups in total. The molecule has 0 spiro atoms. The van der Waals surface area contributed by atoms with Gasteiger partial charge in [-0.1, -0.05) is 42.5 Å². The predicted molar refractivity (Wildman–Crippen MR) is 135 cm³/mol. The summed E-state index contributed by atoms with van der Waals surface area (Å²) in [5.41, 5.74) is 3.71. The summed E-state index contributed by atoms with van der Waals surface area (Å²) >= 11 is 0. The van der Waals surface area contributed by atoms with Crippen LogP contribution in [0, 0.1) is 6.92 Å². The van der Waals surface area contributed by atoms with Gasteiger partial charge >= 0.3 is 0 Å². The molecule has 174 valence electrons. The Hall–Kier alpha value is -3.05. The van der Waals surface area contributed by atoms with Crippen LogP contribution in [0.1, 0.15) is 30.6 Å². The van der Waals surface area contributed by atoms with Gasteiger partial charge in [-0.05, 0) is 56.1 Å². The fourth-order valence-corrected chi connectivity index (χ4v) is 4.34. The third-order valence-electron chi connectivity index (χ3n) is 6.28. The van der Waals surface area contributed by atoms with E-state index in [1.54, 1.807) is 0 Å². The fraction of sp³-hybridized carbons (Fsp3) is 0.393. The molecule has 0 unspecified atom stereocenters. The Morgan fingerprint density at radius 1 is 0.939 bits per heavy atom. The summed E-state index contributed by atoms with van der Waals surface area (Å²) in [7, 11) is 0. The molecule has 0 aliphatic carbocycles. The monoisotopic (exact) mass is 445 g/mol. The molecular formula is C28H35N3O2. The van der Waals surface area contributed by atoms with Gasteiger partial charge in [0.1, 0.15) is 11.5 Å². The Bertz CT molecular complexity index is 1010. The van der Waals surface area contributed by atoms with Crippen LogP contribution in [0.25, 0.3) is 11.3 Å². The minimum atomic E-state index is 0.0967. The summed E-state index contributed by atoms with van der Waals surface area (Å²) in [4.78, 5) is 17.2. The number of carbonyl (C=O) groups excluding carboxylic acids is 1. The second-order valence-electron chi connectivity index (χ2n) is 8.86. The Morgan fingerprint density at radius 3 is 2.55 bits per heavy atom. The first-order valence-corrected chi connectivity index (χ1v) is 12.1. The number of hydrogen-bond acceptors (Lipinski definition) is 4. The average Bonchev–Trinajstić information content (AvgIpc) is 3.33. The molecule has 0 atom stereocenters. The van der Waals surface area contributed by atoms with Crippen LogP contribution in [0.4, 0.5) is 5.69 Å². The highest BCUT2D eigenvalue weighted by Crippen LogP contribution is 2.22. The first kappa shape index (κ1) is 23.1. The fourth-order valence-electron chi connectivity index (χ4n) is 4.34. The second kappa shape index (κ2) is 11.7. The number of aryl methyl sites for hydroxylation is 2. The van der Waals surface area contributed by atoms with E-state index in [0.717, 1.165) is 69.2 Å². The maximum Gasteiger partial charge on any atom is 0.220 e. The van der Waals surface area contributed by atoms with E-state index in [1.807, 2.05) is 42.5 Å². The van der Waals surface area contributed by atoms with Gasteiger partial charge in [0.25, 0.3) is 0 Å². The van der Waals surface area contributed by atoms with Crippen LogP contribution < -0.4 is 10.2 Å². The molecule has 33 heavy (non-hydrogen) atoms. The zero-order chi connectivity index (χ0) is 22.9. The summed E-state index contributed by atoms with van der Waals surface area (Å²) in [6.45, 7) is 8.37. The maximum absolute atomic E-state index is 12.2. The molecule has 1 saturated heterocycles. The molecular weight excluding hydrogens is 410 g/mol. The lowest BCUT2D eigenvalue weighted by Gasteiger charge is -2.36. The molecule has 1 amide bonds. The third-order valence-corrected chi connectivity index (χ3v) is 6.28. The summed E-state index contributed by atoms with van der Waals surface area (Å²) in [5, 5.41) is 3.06. The molecule has 0 bridgehead atoms. The van der Waals surface area contributed by atoms with Crippen molar-refractivity contribution in [3.63, 3.8) is 0 Å². The number of benzene rings is 2. The number of piperazine rings is 1. The molecule has 2 aromatic carbocycles. The van der Waals surface area contributed by atoms with Crippen molar-refractivity contribution < 1.29 is 9.21 Å². The van der Waals surface area contributed by atoms with Crippen molar-refractivity contribution in [2.45, 2.75) is 32.6 Å². The molecule has 5 nitrogen and oxygen atoms in total. The summed E-state index contributed by atoms with van der Waals surface area (Å²) in [6, 6.07) is 22.7. The SMILES string of the molecule is Cc1cccc(N2CCN(CCCCNC(=O)CCc3ccc(-c4ccccc4)o3)CC2)c1. The van der Waals surface area contributed by atoms with Gasteiger partial charge in [0, 0.05) is 56.8 Å². The Kier molecular flexibility index (Phi) is 8.20. The minimum absolute atomic E-state index is 0.0967. The van der Waals surface area contributed by atoms with Crippen LogP contribution >= 0.6 is 0 Å². The maximum atomic E-state index is 12.2. The van der Waals surface area contributed by atoms with Crippen LogP contribution in [0.15, 0.2) is 71.1 Å². The van der Waals surface area contributed by atoms with Crippen molar-refractivity contribution in [2.75, 3.05) is 44.2 Å². The highest BCUT2D eigenvalue weighted by atomic mass is 16.3. The molecule has 1 fully saturated rings. The van der Waals surface area contributed by atoms with E-state index in [9.17, 15) is 4.79 Å². The van der Waals surface area contributed by atoms with Crippen molar-refractivity contribution in [1.29, 1.82) is 0 Å². The average molecular weight is 446 g/mol. The largest absolute Gasteiger partial charge is 0.461 e. The molecule has 1 aromatic heterocycles. The lowest BCUT2D eigenvalue weighted by atomic mass is 10.2. The molecule has 0 radical (unpaired) electrons. The minimum Gasteiger partial charge on any atom is -0.461 e. The molecule has 4 rings (SSSR count). The molecule has 3 aromatic rings. The lowest BCUT2D eigenvalue weighted by molar-refractivity contribution is -0.121. The highest BCUT2D eigenvalue weighted by Gasteiger charge is 2.16. The third kappa shape index (κ3) is 6.96. The Morgan fingerprint density at radius 2 is 1.76 bits per heavy atom. The van der Waals surface area contributed by atoms with E-state index >= 15 is 0 Å². The number of hydrogen-bond donors (Lipinski definition) is 1. The Balaban J connectivity index is 1.06. The van der Waals surface area contributed by atoms with E-state index in [0.29, 0.717) is 12.8 Å². The zero-order valence-corrected chi connectivity index (χ0v) is 19.6. The van der Waals surface area contributed by atoms with Gasteiger partial charge in [0.05, 0.1) is 0 Å². The zero-order valence-electron chi connectivity index (χ0n) is 19.6.